The lowest BCUT2D eigenvalue weighted by Gasteiger charge is -2.42. The molecule has 10 nitrogen and oxygen atoms in total. The molecule has 3 heterocycles. The topological polar surface area (TPSA) is 97.3 Å². The van der Waals surface area contributed by atoms with Crippen molar-refractivity contribution in [1.82, 2.24) is 19.8 Å². The van der Waals surface area contributed by atoms with Gasteiger partial charge in [0.2, 0.25) is 11.6 Å². The molecule has 188 valence electrons. The van der Waals surface area contributed by atoms with E-state index in [1.54, 1.807) is 9.80 Å². The molecule has 0 radical (unpaired) electrons. The molecule has 0 unspecified atom stereocenters. The van der Waals surface area contributed by atoms with Crippen LogP contribution in [-0.2, 0) is 9.47 Å². The highest BCUT2D eigenvalue weighted by atomic mass is 19.1. The van der Waals surface area contributed by atoms with Gasteiger partial charge < -0.3 is 24.0 Å². The van der Waals surface area contributed by atoms with Gasteiger partial charge in [-0.1, -0.05) is 0 Å². The molecule has 2 saturated heterocycles. The van der Waals surface area contributed by atoms with E-state index in [9.17, 15) is 9.59 Å². The zero-order valence-corrected chi connectivity index (χ0v) is 20.6. The van der Waals surface area contributed by atoms with Crippen molar-refractivity contribution < 1.29 is 28.2 Å². The largest absolute Gasteiger partial charge is 0.474 e. The number of methoxy groups -OCH3 is 1. The number of aromatic nitrogens is 2. The first-order valence-electron chi connectivity index (χ1n) is 11.8. The van der Waals surface area contributed by atoms with Gasteiger partial charge in [0.25, 0.3) is 5.88 Å². The quantitative estimate of drug-likeness (QED) is 0.590. The number of halogens is 1. The van der Waals surface area contributed by atoms with E-state index in [4.69, 9.17) is 14.2 Å². The maximum atomic E-state index is 15.6. The van der Waals surface area contributed by atoms with Crippen molar-refractivity contribution in [3.05, 3.63) is 11.6 Å². The third-order valence-corrected chi connectivity index (χ3v) is 6.65. The molecule has 11 heteroatoms. The van der Waals surface area contributed by atoms with E-state index in [1.165, 1.54) is 7.11 Å². The molecule has 1 aromatic rings. The Labute approximate surface area is 199 Å². The van der Waals surface area contributed by atoms with Crippen LogP contribution in [0.5, 0.6) is 5.88 Å². The van der Waals surface area contributed by atoms with Crippen molar-refractivity contribution >= 4 is 17.9 Å². The van der Waals surface area contributed by atoms with Gasteiger partial charge in [0.05, 0.1) is 12.6 Å². The number of carbonyl (C=O) groups excluding carboxylic acids is 2. The third kappa shape index (κ3) is 5.03. The Balaban J connectivity index is 1.56. The molecule has 3 aliphatic rings. The van der Waals surface area contributed by atoms with E-state index in [0.717, 1.165) is 32.2 Å². The van der Waals surface area contributed by atoms with Gasteiger partial charge in [0, 0.05) is 25.7 Å². The number of esters is 1. The van der Waals surface area contributed by atoms with Crippen LogP contribution in [0.25, 0.3) is 0 Å². The fourth-order valence-electron chi connectivity index (χ4n) is 4.60. The Bertz CT molecular complexity index is 948. The summed E-state index contributed by atoms with van der Waals surface area (Å²) in [7, 11) is 3.23. The minimum atomic E-state index is -0.766. The molecule has 34 heavy (non-hydrogen) atoms. The highest BCUT2D eigenvalue weighted by Crippen LogP contribution is 2.46. The molecule has 1 spiro atoms. The molecule has 0 bridgehead atoms. The summed E-state index contributed by atoms with van der Waals surface area (Å²) in [6, 6.07) is 0.159. The van der Waals surface area contributed by atoms with Crippen molar-refractivity contribution in [2.75, 3.05) is 51.8 Å². The fourth-order valence-corrected chi connectivity index (χ4v) is 4.60. The lowest BCUT2D eigenvalue weighted by Crippen LogP contribution is -2.58. The predicted octanol–water partition coefficient (Wildman–Crippen LogP) is 2.47. The predicted molar refractivity (Wildman–Crippen MR) is 122 cm³/mol. The highest BCUT2D eigenvalue weighted by Gasteiger charge is 2.55. The van der Waals surface area contributed by atoms with Crippen LogP contribution in [0.1, 0.15) is 57.1 Å². The first-order chi connectivity index (χ1) is 16.0. The Morgan fingerprint density at radius 2 is 1.91 bits per heavy atom. The molecule has 0 aromatic carbocycles. The summed E-state index contributed by atoms with van der Waals surface area (Å²) in [6.07, 6.45) is 3.22. The SMILES string of the molecule is COC(=O)c1nc(OC[C@@H]2CCCN2C)c(F)c(N2CCN(C(=O)OC(C)(C)C)C3(CC3)C2)n1. The number of rotatable bonds is 5. The highest BCUT2D eigenvalue weighted by molar-refractivity contribution is 5.85. The van der Waals surface area contributed by atoms with Gasteiger partial charge in [-0.25, -0.2) is 14.6 Å². The van der Waals surface area contributed by atoms with Crippen molar-refractivity contribution in [1.29, 1.82) is 0 Å². The summed E-state index contributed by atoms with van der Waals surface area (Å²) < 4.78 is 31.7. The second kappa shape index (κ2) is 9.16. The zero-order chi connectivity index (χ0) is 24.7. The van der Waals surface area contributed by atoms with Crippen LogP contribution < -0.4 is 9.64 Å². The average molecular weight is 480 g/mol. The van der Waals surface area contributed by atoms with Gasteiger partial charge in [0.1, 0.15) is 12.2 Å². The number of piperazine rings is 1. The number of carbonyl (C=O) groups is 2. The second-order valence-electron chi connectivity index (χ2n) is 10.3. The number of ether oxygens (including phenoxy) is 3. The van der Waals surface area contributed by atoms with Crippen LogP contribution in [0.15, 0.2) is 0 Å². The van der Waals surface area contributed by atoms with E-state index >= 15 is 4.39 Å². The molecule has 3 fully saturated rings. The van der Waals surface area contributed by atoms with Crippen LogP contribution >= 0.6 is 0 Å². The Morgan fingerprint density at radius 3 is 2.50 bits per heavy atom. The van der Waals surface area contributed by atoms with E-state index in [2.05, 4.69) is 14.9 Å². The average Bonchev–Trinajstić information content (AvgIpc) is 3.40. The smallest absolute Gasteiger partial charge is 0.410 e. The van der Waals surface area contributed by atoms with Crippen molar-refractivity contribution in [2.24, 2.45) is 0 Å². The maximum absolute atomic E-state index is 15.6. The number of anilines is 1. The second-order valence-corrected chi connectivity index (χ2v) is 10.3. The van der Waals surface area contributed by atoms with Gasteiger partial charge in [-0.2, -0.15) is 9.37 Å². The van der Waals surface area contributed by atoms with Crippen molar-refractivity contribution in [2.45, 2.75) is 63.6 Å². The van der Waals surface area contributed by atoms with Crippen molar-refractivity contribution in [3.8, 4) is 5.88 Å². The summed E-state index contributed by atoms with van der Waals surface area (Å²) in [5, 5.41) is 0. The number of amides is 1. The molecule has 1 amide bonds. The van der Waals surface area contributed by atoms with E-state index in [-0.39, 0.29) is 36.3 Å². The lowest BCUT2D eigenvalue weighted by atomic mass is 10.1. The molecule has 2 aliphatic heterocycles. The molecule has 0 N–H and O–H groups in total. The number of likely N-dealkylation sites (N-methyl/N-ethyl adjacent to an activating group) is 1. The van der Waals surface area contributed by atoms with Crippen molar-refractivity contribution in [3.63, 3.8) is 0 Å². The van der Waals surface area contributed by atoms with Crippen LogP contribution in [0.4, 0.5) is 15.0 Å². The first-order valence-corrected chi connectivity index (χ1v) is 11.8. The van der Waals surface area contributed by atoms with Crippen LogP contribution in [0.3, 0.4) is 0 Å². The van der Waals surface area contributed by atoms with Crippen LogP contribution in [0, 0.1) is 5.82 Å². The molecular formula is C23H34FN5O5. The molecular weight excluding hydrogens is 445 g/mol. The minimum absolute atomic E-state index is 0.0136. The third-order valence-electron chi connectivity index (χ3n) is 6.65. The Morgan fingerprint density at radius 1 is 1.18 bits per heavy atom. The normalized spacial score (nSPS) is 22.1. The lowest BCUT2D eigenvalue weighted by molar-refractivity contribution is 0.0105. The monoisotopic (exact) mass is 479 g/mol. The van der Waals surface area contributed by atoms with Gasteiger partial charge in [-0.15, -0.1) is 0 Å². The number of nitrogens with zero attached hydrogens (tertiary/aromatic N) is 5. The van der Waals surface area contributed by atoms with E-state index in [0.29, 0.717) is 19.6 Å². The minimum Gasteiger partial charge on any atom is -0.474 e. The van der Waals surface area contributed by atoms with E-state index in [1.807, 2.05) is 27.8 Å². The first kappa shape index (κ1) is 24.4. The number of hydrogen-bond donors (Lipinski definition) is 0. The molecule has 1 aromatic heterocycles. The summed E-state index contributed by atoms with van der Waals surface area (Å²) >= 11 is 0. The summed E-state index contributed by atoms with van der Waals surface area (Å²) in [5.41, 5.74) is -1.03. The van der Waals surface area contributed by atoms with E-state index < -0.39 is 22.9 Å². The summed E-state index contributed by atoms with van der Waals surface area (Å²) in [6.45, 7) is 7.79. The number of likely N-dealkylation sites (tertiary alicyclic amines) is 1. The molecule has 4 rings (SSSR count). The number of hydrogen-bond acceptors (Lipinski definition) is 9. The molecule has 1 aliphatic carbocycles. The molecule has 1 atom stereocenters. The van der Waals surface area contributed by atoms with Crippen LogP contribution in [0.2, 0.25) is 0 Å². The van der Waals surface area contributed by atoms with Crippen LogP contribution in [-0.4, -0.2) is 96.0 Å². The van der Waals surface area contributed by atoms with Gasteiger partial charge in [-0.3, -0.25) is 4.90 Å². The standard InChI is InChI=1S/C23H34FN5O5/c1-22(2,3)34-21(31)29-12-11-28(14-23(29)8-9-23)18-16(24)19(26-17(25-18)20(30)32-5)33-13-15-7-6-10-27(15)4/h15H,6-14H2,1-5H3/t15-/m0/s1. The van der Waals surface area contributed by atoms with Gasteiger partial charge >= 0.3 is 12.1 Å². The van der Waals surface area contributed by atoms with Gasteiger partial charge in [0.15, 0.2) is 5.82 Å². The fraction of sp³-hybridized carbons (Fsp3) is 0.739. The Kier molecular flexibility index (Phi) is 6.58. The van der Waals surface area contributed by atoms with Gasteiger partial charge in [-0.05, 0) is 60.0 Å². The Hall–Kier alpha value is -2.69. The maximum Gasteiger partial charge on any atom is 0.410 e. The molecule has 1 saturated carbocycles. The summed E-state index contributed by atoms with van der Waals surface area (Å²) in [4.78, 5) is 38.8. The zero-order valence-electron chi connectivity index (χ0n) is 20.6. The summed E-state index contributed by atoms with van der Waals surface area (Å²) in [5.74, 6) is -2.01.